The second-order valence-corrected chi connectivity index (χ2v) is 8.36. The Labute approximate surface area is 141 Å². The van der Waals surface area contributed by atoms with Gasteiger partial charge in [0.15, 0.2) is 0 Å². The number of hydrogen-bond acceptors (Lipinski definition) is 4. The fraction of sp³-hybridized carbons (Fsp3) is 0.471. The van der Waals surface area contributed by atoms with Gasteiger partial charge in [0, 0.05) is 18.4 Å². The second-order valence-electron chi connectivity index (χ2n) is 6.65. The number of aromatic nitrogens is 2. The minimum absolute atomic E-state index is 0.309. The van der Waals surface area contributed by atoms with Gasteiger partial charge in [-0.15, -0.1) is 0 Å². The molecule has 1 aromatic carbocycles. The van der Waals surface area contributed by atoms with Crippen LogP contribution in [-0.2, 0) is 22.9 Å². The van der Waals surface area contributed by atoms with E-state index in [1.54, 1.807) is 35.3 Å². The number of rotatable bonds is 4. The van der Waals surface area contributed by atoms with E-state index in [9.17, 15) is 13.5 Å². The topological polar surface area (TPSA) is 84.2 Å². The van der Waals surface area contributed by atoms with Gasteiger partial charge in [-0.3, -0.25) is 4.68 Å². The Balaban J connectivity index is 1.55. The lowest BCUT2D eigenvalue weighted by atomic mass is 9.84. The number of aryl methyl sites for hydroxylation is 2. The smallest absolute Gasteiger partial charge is 0.240 e. The first kappa shape index (κ1) is 15.8. The van der Waals surface area contributed by atoms with Crippen LogP contribution in [-0.4, -0.2) is 35.5 Å². The minimum atomic E-state index is -3.60. The lowest BCUT2D eigenvalue weighted by Crippen LogP contribution is -2.56. The quantitative estimate of drug-likeness (QED) is 0.876. The Morgan fingerprint density at radius 2 is 2.00 bits per heavy atom. The highest BCUT2D eigenvalue weighted by molar-refractivity contribution is 7.89. The Kier molecular flexibility index (Phi) is 3.94. The van der Waals surface area contributed by atoms with E-state index in [2.05, 4.69) is 9.82 Å². The van der Waals surface area contributed by atoms with Gasteiger partial charge in [0.2, 0.25) is 10.0 Å². The van der Waals surface area contributed by atoms with Crippen molar-refractivity contribution in [1.29, 1.82) is 0 Å². The average molecular weight is 347 g/mol. The van der Waals surface area contributed by atoms with Crippen molar-refractivity contribution in [3.8, 4) is 0 Å². The maximum absolute atomic E-state index is 12.7. The van der Waals surface area contributed by atoms with Crippen LogP contribution in [0.5, 0.6) is 0 Å². The van der Waals surface area contributed by atoms with Crippen molar-refractivity contribution in [2.45, 2.75) is 55.2 Å². The molecule has 0 saturated heterocycles. The molecule has 6 nitrogen and oxygen atoms in total. The highest BCUT2D eigenvalue weighted by Gasteiger charge is 2.44. The molecular weight excluding hydrogens is 326 g/mol. The normalized spacial score (nSPS) is 26.6. The van der Waals surface area contributed by atoms with E-state index in [0.29, 0.717) is 11.3 Å². The van der Waals surface area contributed by atoms with Crippen LogP contribution >= 0.6 is 0 Å². The molecule has 0 radical (unpaired) electrons. The summed E-state index contributed by atoms with van der Waals surface area (Å²) in [6, 6.07) is 6.48. The largest absolute Gasteiger partial charge is 0.391 e. The van der Waals surface area contributed by atoms with E-state index >= 15 is 0 Å². The Hall–Kier alpha value is -1.70. The van der Waals surface area contributed by atoms with Crippen molar-refractivity contribution in [2.24, 2.45) is 0 Å². The van der Waals surface area contributed by atoms with Gasteiger partial charge in [-0.1, -0.05) is 6.07 Å². The molecular formula is C17H21N3O3S. The zero-order chi connectivity index (χ0) is 16.7. The molecule has 2 aliphatic rings. The van der Waals surface area contributed by atoms with Crippen LogP contribution < -0.4 is 4.72 Å². The number of nitrogens with one attached hydrogen (secondary N) is 1. The molecule has 2 aliphatic carbocycles. The molecule has 2 aromatic rings. The average Bonchev–Trinajstić information content (AvgIpc) is 3.07. The lowest BCUT2D eigenvalue weighted by Gasteiger charge is -2.41. The molecule has 0 spiro atoms. The monoisotopic (exact) mass is 347 g/mol. The molecule has 0 aliphatic heterocycles. The molecule has 1 aromatic heterocycles. The molecule has 1 saturated carbocycles. The zero-order valence-corrected chi connectivity index (χ0v) is 14.1. The lowest BCUT2D eigenvalue weighted by molar-refractivity contribution is 0.000539. The van der Waals surface area contributed by atoms with Crippen molar-refractivity contribution in [3.63, 3.8) is 0 Å². The summed E-state index contributed by atoms with van der Waals surface area (Å²) in [5, 5.41) is 14.1. The molecule has 4 rings (SSSR count). The molecule has 0 bridgehead atoms. The highest BCUT2D eigenvalue weighted by Crippen LogP contribution is 2.33. The summed E-state index contributed by atoms with van der Waals surface area (Å²) in [4.78, 5) is 0.309. The van der Waals surface area contributed by atoms with Gasteiger partial charge >= 0.3 is 0 Å². The molecule has 7 heteroatoms. The van der Waals surface area contributed by atoms with Crippen molar-refractivity contribution in [3.05, 3.63) is 47.8 Å². The Bertz CT molecular complexity index is 833. The number of benzene rings is 1. The number of aliphatic hydroxyl groups excluding tert-OH is 1. The van der Waals surface area contributed by atoms with E-state index in [1.807, 2.05) is 6.07 Å². The van der Waals surface area contributed by atoms with Crippen LogP contribution in [0.25, 0.3) is 0 Å². The molecule has 3 atom stereocenters. The molecule has 1 fully saturated rings. The van der Waals surface area contributed by atoms with Crippen molar-refractivity contribution < 1.29 is 13.5 Å². The van der Waals surface area contributed by atoms with Gasteiger partial charge in [0.25, 0.3) is 0 Å². The van der Waals surface area contributed by atoms with Crippen LogP contribution in [0.15, 0.2) is 41.6 Å². The third-order valence-electron chi connectivity index (χ3n) is 5.07. The van der Waals surface area contributed by atoms with E-state index in [4.69, 9.17) is 0 Å². The summed E-state index contributed by atoms with van der Waals surface area (Å²) in [6.07, 6.45) is 7.43. The maximum Gasteiger partial charge on any atom is 0.240 e. The van der Waals surface area contributed by atoms with Crippen LogP contribution in [0.1, 0.15) is 36.4 Å². The number of hydrogen-bond donors (Lipinski definition) is 2. The van der Waals surface area contributed by atoms with Gasteiger partial charge < -0.3 is 5.11 Å². The van der Waals surface area contributed by atoms with E-state index in [1.165, 1.54) is 12.0 Å². The summed E-state index contributed by atoms with van der Waals surface area (Å²) in [6.45, 7) is 0. The fourth-order valence-corrected chi connectivity index (χ4v) is 5.01. The first-order valence-corrected chi connectivity index (χ1v) is 9.84. The molecule has 24 heavy (non-hydrogen) atoms. The van der Waals surface area contributed by atoms with Crippen LogP contribution in [0.2, 0.25) is 0 Å². The minimum Gasteiger partial charge on any atom is -0.391 e. The molecule has 2 N–H and O–H groups in total. The second kappa shape index (κ2) is 5.98. The van der Waals surface area contributed by atoms with E-state index < -0.39 is 16.1 Å². The summed E-state index contributed by atoms with van der Waals surface area (Å²) in [7, 11) is -3.60. The van der Waals surface area contributed by atoms with Gasteiger partial charge in [-0.25, -0.2) is 13.1 Å². The summed E-state index contributed by atoms with van der Waals surface area (Å²) >= 11 is 0. The van der Waals surface area contributed by atoms with Gasteiger partial charge in [0.05, 0.1) is 17.0 Å². The predicted octanol–water partition coefficient (Wildman–Crippen LogP) is 1.41. The maximum atomic E-state index is 12.7. The number of fused-ring (bicyclic) bond motifs is 1. The number of sulfonamides is 1. The van der Waals surface area contributed by atoms with Gasteiger partial charge in [-0.2, -0.15) is 5.10 Å². The highest BCUT2D eigenvalue weighted by atomic mass is 32.2. The standard InChI is InChI=1S/C17H21N3O3S/c21-16-11-15(17(16)20-9-3-8-18-20)19-24(22,23)14-7-6-12-4-1-2-5-13(12)10-14/h3,6-10,15-17,19,21H,1-2,4-5,11H2/t15-,16+,17+/m0/s1. The molecule has 1 heterocycles. The predicted molar refractivity (Wildman–Crippen MR) is 89.1 cm³/mol. The fourth-order valence-electron chi connectivity index (χ4n) is 3.69. The van der Waals surface area contributed by atoms with Crippen LogP contribution in [0.3, 0.4) is 0 Å². The van der Waals surface area contributed by atoms with Crippen LogP contribution in [0, 0.1) is 0 Å². The van der Waals surface area contributed by atoms with Gasteiger partial charge in [-0.05, 0) is 61.4 Å². The van der Waals surface area contributed by atoms with Crippen LogP contribution in [0.4, 0.5) is 0 Å². The third-order valence-corrected chi connectivity index (χ3v) is 6.56. The molecule has 0 amide bonds. The number of aliphatic hydroxyl groups is 1. The van der Waals surface area contributed by atoms with Crippen molar-refractivity contribution in [1.82, 2.24) is 14.5 Å². The first-order valence-electron chi connectivity index (χ1n) is 8.36. The Morgan fingerprint density at radius 3 is 2.71 bits per heavy atom. The third kappa shape index (κ3) is 2.76. The zero-order valence-electron chi connectivity index (χ0n) is 13.3. The summed E-state index contributed by atoms with van der Waals surface area (Å²) < 4.78 is 29.8. The SMILES string of the molecule is O=S(=O)(N[C@H]1C[C@@H](O)[C@@H]1n1cccn1)c1ccc2c(c1)CCCC2. The van der Waals surface area contributed by atoms with Crippen molar-refractivity contribution in [2.75, 3.05) is 0 Å². The van der Waals surface area contributed by atoms with E-state index in [0.717, 1.165) is 24.8 Å². The summed E-state index contributed by atoms with van der Waals surface area (Å²) in [5.74, 6) is 0. The molecule has 0 unspecified atom stereocenters. The van der Waals surface area contributed by atoms with Crippen molar-refractivity contribution >= 4 is 10.0 Å². The number of nitrogens with zero attached hydrogens (tertiary/aromatic N) is 2. The first-order chi connectivity index (χ1) is 11.5. The Morgan fingerprint density at radius 1 is 1.21 bits per heavy atom. The van der Waals surface area contributed by atoms with Gasteiger partial charge in [0.1, 0.15) is 0 Å². The molecule has 128 valence electrons. The summed E-state index contributed by atoms with van der Waals surface area (Å²) in [5.41, 5.74) is 2.40. The van der Waals surface area contributed by atoms with E-state index in [-0.39, 0.29) is 12.1 Å².